The molecule has 1 aliphatic rings. The van der Waals surface area contributed by atoms with Crippen LogP contribution in [-0.4, -0.2) is 27.5 Å². The van der Waals surface area contributed by atoms with Crippen LogP contribution >= 0.6 is 0 Å². The Morgan fingerprint density at radius 3 is 2.94 bits per heavy atom. The standard InChI is InChI=1S/C14H17N3O/c1-2-5-12(6-3-1)17-11-15-16-14(17)9-8-13-7-4-10-18-13/h1-3,5-6,11,13H,4,7-10H2. The molecule has 1 fully saturated rings. The highest BCUT2D eigenvalue weighted by Gasteiger charge is 2.16. The predicted molar refractivity (Wildman–Crippen MR) is 68.7 cm³/mol. The van der Waals surface area contributed by atoms with Crippen molar-refractivity contribution in [1.29, 1.82) is 0 Å². The zero-order chi connectivity index (χ0) is 12.2. The first kappa shape index (κ1) is 11.4. The molecule has 3 rings (SSSR count). The van der Waals surface area contributed by atoms with E-state index >= 15 is 0 Å². The molecule has 2 aromatic rings. The van der Waals surface area contributed by atoms with E-state index in [2.05, 4.69) is 26.9 Å². The number of rotatable bonds is 4. The van der Waals surface area contributed by atoms with Gasteiger partial charge in [0.25, 0.3) is 0 Å². The van der Waals surface area contributed by atoms with Crippen LogP contribution in [0.25, 0.3) is 5.69 Å². The Morgan fingerprint density at radius 1 is 1.28 bits per heavy atom. The first-order valence-electron chi connectivity index (χ1n) is 6.49. The lowest BCUT2D eigenvalue weighted by Crippen LogP contribution is -2.09. The highest BCUT2D eigenvalue weighted by Crippen LogP contribution is 2.18. The molecule has 4 nitrogen and oxygen atoms in total. The molecule has 1 unspecified atom stereocenters. The monoisotopic (exact) mass is 243 g/mol. The van der Waals surface area contributed by atoms with Crippen LogP contribution in [0.2, 0.25) is 0 Å². The molecular weight excluding hydrogens is 226 g/mol. The van der Waals surface area contributed by atoms with Crippen LogP contribution in [0.15, 0.2) is 36.7 Å². The Labute approximate surface area is 107 Å². The van der Waals surface area contributed by atoms with Crippen LogP contribution in [0, 0.1) is 0 Å². The molecule has 1 saturated heterocycles. The van der Waals surface area contributed by atoms with E-state index in [9.17, 15) is 0 Å². The van der Waals surface area contributed by atoms with E-state index in [1.54, 1.807) is 6.33 Å². The molecule has 1 aliphatic heterocycles. The Hall–Kier alpha value is -1.68. The van der Waals surface area contributed by atoms with Gasteiger partial charge >= 0.3 is 0 Å². The summed E-state index contributed by atoms with van der Waals surface area (Å²) in [5.41, 5.74) is 1.12. The Bertz CT molecular complexity index is 489. The number of hydrogen-bond acceptors (Lipinski definition) is 3. The van der Waals surface area contributed by atoms with Gasteiger partial charge in [-0.2, -0.15) is 0 Å². The summed E-state index contributed by atoms with van der Waals surface area (Å²) in [5, 5.41) is 8.23. The highest BCUT2D eigenvalue weighted by atomic mass is 16.5. The van der Waals surface area contributed by atoms with Crippen molar-refractivity contribution in [3.63, 3.8) is 0 Å². The van der Waals surface area contributed by atoms with Gasteiger partial charge in [-0.1, -0.05) is 18.2 Å². The predicted octanol–water partition coefficient (Wildman–Crippen LogP) is 2.38. The third-order valence-electron chi connectivity index (χ3n) is 3.37. The van der Waals surface area contributed by atoms with E-state index in [4.69, 9.17) is 4.74 Å². The summed E-state index contributed by atoms with van der Waals surface area (Å²) < 4.78 is 7.69. The number of hydrogen-bond donors (Lipinski definition) is 0. The Balaban J connectivity index is 1.71. The highest BCUT2D eigenvalue weighted by molar-refractivity contribution is 5.31. The van der Waals surface area contributed by atoms with E-state index in [1.807, 2.05) is 18.2 Å². The average Bonchev–Trinajstić information content (AvgIpc) is 3.09. The van der Waals surface area contributed by atoms with E-state index in [1.165, 1.54) is 12.8 Å². The molecule has 0 bridgehead atoms. The molecule has 18 heavy (non-hydrogen) atoms. The molecule has 0 amide bonds. The average molecular weight is 243 g/mol. The Kier molecular flexibility index (Phi) is 3.37. The molecule has 0 saturated carbocycles. The Morgan fingerprint density at radius 2 is 2.17 bits per heavy atom. The fraction of sp³-hybridized carbons (Fsp3) is 0.429. The quantitative estimate of drug-likeness (QED) is 0.827. The summed E-state index contributed by atoms with van der Waals surface area (Å²) in [4.78, 5) is 0. The smallest absolute Gasteiger partial charge is 0.137 e. The van der Waals surface area contributed by atoms with Crippen molar-refractivity contribution in [2.45, 2.75) is 31.8 Å². The van der Waals surface area contributed by atoms with Gasteiger partial charge in [-0.25, -0.2) is 0 Å². The maximum Gasteiger partial charge on any atom is 0.137 e. The summed E-state index contributed by atoms with van der Waals surface area (Å²) in [6, 6.07) is 10.2. The van der Waals surface area contributed by atoms with Crippen molar-refractivity contribution in [1.82, 2.24) is 14.8 Å². The van der Waals surface area contributed by atoms with Gasteiger partial charge in [0.2, 0.25) is 0 Å². The van der Waals surface area contributed by atoms with Crippen LogP contribution in [0.4, 0.5) is 0 Å². The summed E-state index contributed by atoms with van der Waals surface area (Å²) in [6.45, 7) is 0.913. The maximum absolute atomic E-state index is 5.64. The number of benzene rings is 1. The minimum Gasteiger partial charge on any atom is -0.378 e. The van der Waals surface area contributed by atoms with E-state index in [0.29, 0.717) is 6.10 Å². The molecule has 0 aliphatic carbocycles. The minimum absolute atomic E-state index is 0.408. The van der Waals surface area contributed by atoms with Crippen LogP contribution in [-0.2, 0) is 11.2 Å². The van der Waals surface area contributed by atoms with Gasteiger partial charge in [-0.15, -0.1) is 10.2 Å². The van der Waals surface area contributed by atoms with E-state index < -0.39 is 0 Å². The maximum atomic E-state index is 5.64. The van der Waals surface area contributed by atoms with Crippen molar-refractivity contribution in [3.8, 4) is 5.69 Å². The fourth-order valence-electron chi connectivity index (χ4n) is 2.40. The van der Waals surface area contributed by atoms with Crippen molar-refractivity contribution in [3.05, 3.63) is 42.5 Å². The van der Waals surface area contributed by atoms with Crippen molar-refractivity contribution in [2.75, 3.05) is 6.61 Å². The first-order chi connectivity index (χ1) is 8.93. The minimum atomic E-state index is 0.408. The molecular formula is C14H17N3O. The molecule has 0 radical (unpaired) electrons. The summed E-state index contributed by atoms with van der Waals surface area (Å²) in [7, 11) is 0. The zero-order valence-electron chi connectivity index (χ0n) is 10.3. The van der Waals surface area contributed by atoms with Crippen molar-refractivity contribution < 1.29 is 4.74 Å². The molecule has 1 aromatic carbocycles. The fourth-order valence-corrected chi connectivity index (χ4v) is 2.40. The van der Waals surface area contributed by atoms with E-state index in [-0.39, 0.29) is 0 Å². The molecule has 2 heterocycles. The normalized spacial score (nSPS) is 19.2. The van der Waals surface area contributed by atoms with Gasteiger partial charge < -0.3 is 4.74 Å². The van der Waals surface area contributed by atoms with Crippen LogP contribution in [0.5, 0.6) is 0 Å². The van der Waals surface area contributed by atoms with Gasteiger partial charge in [-0.05, 0) is 31.4 Å². The second-order valence-electron chi connectivity index (χ2n) is 4.63. The molecule has 1 atom stereocenters. The van der Waals surface area contributed by atoms with Crippen LogP contribution in [0.1, 0.15) is 25.1 Å². The summed E-state index contributed by atoms with van der Waals surface area (Å²) in [6.07, 6.45) is 6.51. The van der Waals surface area contributed by atoms with Crippen molar-refractivity contribution >= 4 is 0 Å². The largest absolute Gasteiger partial charge is 0.378 e. The lowest BCUT2D eigenvalue weighted by Gasteiger charge is -2.09. The number of nitrogens with zero attached hydrogens (tertiary/aromatic N) is 3. The third-order valence-corrected chi connectivity index (χ3v) is 3.37. The molecule has 94 valence electrons. The van der Waals surface area contributed by atoms with Crippen LogP contribution < -0.4 is 0 Å². The second-order valence-corrected chi connectivity index (χ2v) is 4.63. The first-order valence-corrected chi connectivity index (χ1v) is 6.49. The van der Waals surface area contributed by atoms with Gasteiger partial charge in [-0.3, -0.25) is 4.57 Å². The van der Waals surface area contributed by atoms with Crippen molar-refractivity contribution in [2.24, 2.45) is 0 Å². The van der Waals surface area contributed by atoms with Crippen LogP contribution in [0.3, 0.4) is 0 Å². The molecule has 4 heteroatoms. The number of para-hydroxylation sites is 1. The molecule has 0 N–H and O–H groups in total. The summed E-state index contributed by atoms with van der Waals surface area (Å²) >= 11 is 0. The van der Waals surface area contributed by atoms with E-state index in [0.717, 1.165) is 31.0 Å². The number of aryl methyl sites for hydroxylation is 1. The third kappa shape index (κ3) is 2.43. The number of ether oxygens (including phenoxy) is 1. The van der Waals surface area contributed by atoms with Gasteiger partial charge in [0.05, 0.1) is 6.10 Å². The van der Waals surface area contributed by atoms with Gasteiger partial charge in [0.1, 0.15) is 12.2 Å². The van der Waals surface area contributed by atoms with Gasteiger partial charge in [0, 0.05) is 18.7 Å². The lowest BCUT2D eigenvalue weighted by molar-refractivity contribution is 0.104. The molecule has 1 aromatic heterocycles. The SMILES string of the molecule is c1ccc(-n2cnnc2CCC2CCCO2)cc1. The number of aromatic nitrogens is 3. The zero-order valence-corrected chi connectivity index (χ0v) is 10.3. The molecule has 0 spiro atoms. The topological polar surface area (TPSA) is 39.9 Å². The second kappa shape index (κ2) is 5.31. The summed E-state index contributed by atoms with van der Waals surface area (Å²) in [5.74, 6) is 1.01. The lowest BCUT2D eigenvalue weighted by atomic mass is 10.1. The van der Waals surface area contributed by atoms with Gasteiger partial charge in [0.15, 0.2) is 0 Å².